The van der Waals surface area contributed by atoms with Gasteiger partial charge in [0.1, 0.15) is 0 Å². The highest BCUT2D eigenvalue weighted by molar-refractivity contribution is 5.06. The molecule has 0 radical (unpaired) electrons. The number of likely N-dealkylation sites (tertiary alicyclic amines) is 1. The maximum atomic E-state index is 5.26. The Bertz CT molecular complexity index is 186. The van der Waals surface area contributed by atoms with E-state index >= 15 is 0 Å². The van der Waals surface area contributed by atoms with Crippen LogP contribution in [-0.2, 0) is 9.47 Å². The van der Waals surface area contributed by atoms with Gasteiger partial charge in [0.2, 0.25) is 0 Å². The molecule has 82 valence electrons. The van der Waals surface area contributed by atoms with Crippen LogP contribution in [0.2, 0.25) is 0 Å². The molecule has 1 heterocycles. The zero-order valence-corrected chi connectivity index (χ0v) is 9.24. The molecule has 0 aromatic carbocycles. The van der Waals surface area contributed by atoms with Gasteiger partial charge in [-0.25, -0.2) is 0 Å². The summed E-state index contributed by atoms with van der Waals surface area (Å²) in [6, 6.07) is 1.59. The van der Waals surface area contributed by atoms with E-state index < -0.39 is 0 Å². The summed E-state index contributed by atoms with van der Waals surface area (Å²) in [5.74, 6) is 0.942. The Labute approximate surface area is 86.4 Å². The number of methoxy groups -OCH3 is 2. The van der Waals surface area contributed by atoms with Gasteiger partial charge in [-0.1, -0.05) is 0 Å². The van der Waals surface area contributed by atoms with Crippen LogP contribution >= 0.6 is 0 Å². The molecule has 1 saturated heterocycles. The van der Waals surface area contributed by atoms with Crippen molar-refractivity contribution in [3.05, 3.63) is 0 Å². The molecule has 3 heteroatoms. The zero-order valence-electron chi connectivity index (χ0n) is 9.24. The van der Waals surface area contributed by atoms with Gasteiger partial charge in [0.05, 0.1) is 6.61 Å². The lowest BCUT2D eigenvalue weighted by atomic mass is 9.65. The zero-order chi connectivity index (χ0) is 9.97. The van der Waals surface area contributed by atoms with Crippen molar-refractivity contribution in [3.8, 4) is 0 Å². The highest BCUT2D eigenvalue weighted by atomic mass is 16.5. The van der Waals surface area contributed by atoms with Gasteiger partial charge < -0.3 is 9.47 Å². The van der Waals surface area contributed by atoms with Crippen LogP contribution in [0.5, 0.6) is 0 Å². The number of nitrogens with zero attached hydrogens (tertiary/aromatic N) is 1. The minimum absolute atomic E-state index is 0.704. The number of hydrogen-bond acceptors (Lipinski definition) is 3. The third-order valence-corrected chi connectivity index (χ3v) is 3.74. The maximum Gasteiger partial charge on any atom is 0.0621 e. The van der Waals surface area contributed by atoms with E-state index in [0.717, 1.165) is 31.6 Å². The molecule has 14 heavy (non-hydrogen) atoms. The van der Waals surface area contributed by atoms with Crippen molar-refractivity contribution in [3.63, 3.8) is 0 Å². The molecule has 3 nitrogen and oxygen atoms in total. The third kappa shape index (κ3) is 1.69. The molecule has 2 aliphatic rings. The Kier molecular flexibility index (Phi) is 3.42. The normalized spacial score (nSPS) is 36.0. The Balaban J connectivity index is 1.73. The number of hydrogen-bond donors (Lipinski definition) is 0. The van der Waals surface area contributed by atoms with Crippen molar-refractivity contribution in [1.29, 1.82) is 0 Å². The fourth-order valence-electron chi connectivity index (χ4n) is 2.87. The van der Waals surface area contributed by atoms with E-state index in [1.165, 1.54) is 19.4 Å². The van der Waals surface area contributed by atoms with Gasteiger partial charge in [-0.3, -0.25) is 4.90 Å². The van der Waals surface area contributed by atoms with Gasteiger partial charge in [0.15, 0.2) is 0 Å². The summed E-state index contributed by atoms with van der Waals surface area (Å²) in [4.78, 5) is 2.61. The van der Waals surface area contributed by atoms with Gasteiger partial charge >= 0.3 is 0 Å². The largest absolute Gasteiger partial charge is 0.385 e. The molecule has 0 amide bonds. The number of ether oxygens (including phenoxy) is 2. The van der Waals surface area contributed by atoms with Crippen LogP contribution in [-0.4, -0.2) is 51.0 Å². The maximum absolute atomic E-state index is 5.26. The number of piperidine rings is 1. The summed E-state index contributed by atoms with van der Waals surface area (Å²) in [7, 11) is 3.58. The van der Waals surface area contributed by atoms with E-state index in [1.807, 2.05) is 0 Å². The predicted molar refractivity (Wildman–Crippen MR) is 55.4 cm³/mol. The molecule has 1 aliphatic carbocycles. The van der Waals surface area contributed by atoms with Gasteiger partial charge in [0, 0.05) is 39.5 Å². The van der Waals surface area contributed by atoms with E-state index in [0.29, 0.717) is 6.04 Å². The summed E-state index contributed by atoms with van der Waals surface area (Å²) >= 11 is 0. The van der Waals surface area contributed by atoms with Gasteiger partial charge in [0.25, 0.3) is 0 Å². The molecule has 2 unspecified atom stereocenters. The van der Waals surface area contributed by atoms with Crippen molar-refractivity contribution in [2.45, 2.75) is 31.3 Å². The molecule has 0 aromatic rings. The summed E-state index contributed by atoms with van der Waals surface area (Å²) in [5, 5.41) is 0. The van der Waals surface area contributed by atoms with Crippen LogP contribution in [0.1, 0.15) is 19.3 Å². The molecular formula is C11H21NO2. The topological polar surface area (TPSA) is 21.7 Å². The van der Waals surface area contributed by atoms with Gasteiger partial charge in [-0.05, 0) is 25.2 Å². The molecule has 2 rings (SSSR count). The van der Waals surface area contributed by atoms with Crippen molar-refractivity contribution in [1.82, 2.24) is 4.90 Å². The first kappa shape index (κ1) is 10.4. The number of rotatable bonds is 6. The van der Waals surface area contributed by atoms with E-state index in [1.54, 1.807) is 14.2 Å². The van der Waals surface area contributed by atoms with Crippen LogP contribution in [0, 0.1) is 5.92 Å². The predicted octanol–water partition coefficient (Wildman–Crippen LogP) is 1.13. The van der Waals surface area contributed by atoms with E-state index in [2.05, 4.69) is 4.90 Å². The monoisotopic (exact) mass is 199 g/mol. The second-order valence-corrected chi connectivity index (χ2v) is 4.42. The smallest absolute Gasteiger partial charge is 0.0621 e. The molecule has 0 aromatic heterocycles. The van der Waals surface area contributed by atoms with Crippen LogP contribution in [0.15, 0.2) is 0 Å². The van der Waals surface area contributed by atoms with Crippen LogP contribution in [0.4, 0.5) is 0 Å². The van der Waals surface area contributed by atoms with Crippen LogP contribution in [0.25, 0.3) is 0 Å². The lowest BCUT2D eigenvalue weighted by molar-refractivity contribution is -0.143. The van der Waals surface area contributed by atoms with E-state index in [4.69, 9.17) is 9.47 Å². The first-order chi connectivity index (χ1) is 6.88. The fourth-order valence-corrected chi connectivity index (χ4v) is 2.87. The minimum Gasteiger partial charge on any atom is -0.385 e. The van der Waals surface area contributed by atoms with Crippen LogP contribution in [0.3, 0.4) is 0 Å². The lowest BCUT2D eigenvalue weighted by Gasteiger charge is -2.62. The third-order valence-electron chi connectivity index (χ3n) is 3.74. The first-order valence-electron chi connectivity index (χ1n) is 5.62. The first-order valence-corrected chi connectivity index (χ1v) is 5.62. The molecule has 0 N–H and O–H groups in total. The Hall–Kier alpha value is -0.120. The quantitative estimate of drug-likeness (QED) is 0.599. The van der Waals surface area contributed by atoms with Crippen molar-refractivity contribution in [2.24, 2.45) is 5.92 Å². The lowest BCUT2D eigenvalue weighted by Crippen LogP contribution is -2.70. The number of fused-ring (bicyclic) bond motifs is 1. The van der Waals surface area contributed by atoms with Gasteiger partial charge in [-0.2, -0.15) is 0 Å². The summed E-state index contributed by atoms with van der Waals surface area (Å²) in [6.07, 6.45) is 3.97. The molecule has 0 bridgehead atoms. The highest BCUT2D eigenvalue weighted by Gasteiger charge is 2.52. The highest BCUT2D eigenvalue weighted by Crippen LogP contribution is 2.46. The van der Waals surface area contributed by atoms with Crippen molar-refractivity contribution in [2.75, 3.05) is 34.0 Å². The average Bonchev–Trinajstić information content (AvgIpc) is 2.15. The Morgan fingerprint density at radius 3 is 2.64 bits per heavy atom. The Morgan fingerprint density at radius 2 is 2.07 bits per heavy atom. The molecule has 2 fully saturated rings. The second-order valence-electron chi connectivity index (χ2n) is 4.42. The summed E-state index contributed by atoms with van der Waals surface area (Å²) in [6.45, 7) is 2.98. The van der Waals surface area contributed by atoms with Crippen molar-refractivity contribution >= 4 is 0 Å². The summed E-state index contributed by atoms with van der Waals surface area (Å²) < 4.78 is 10.3. The molecule has 0 spiro atoms. The van der Waals surface area contributed by atoms with Gasteiger partial charge in [-0.15, -0.1) is 0 Å². The second kappa shape index (κ2) is 4.60. The average molecular weight is 199 g/mol. The SMILES string of the molecule is COCCCN1C2CC[C@H]2C1COC. The Morgan fingerprint density at radius 1 is 1.21 bits per heavy atom. The molecule has 3 atom stereocenters. The summed E-state index contributed by atoms with van der Waals surface area (Å²) in [5.41, 5.74) is 0. The standard InChI is InChI=1S/C11H21NO2/c1-13-7-3-6-12-10-5-4-9(10)11(12)8-14-2/h9-11H,3-8H2,1-2H3/t9-,10?,11?/m1/s1. The molecule has 1 saturated carbocycles. The van der Waals surface area contributed by atoms with Crippen LogP contribution < -0.4 is 0 Å². The van der Waals surface area contributed by atoms with Crippen molar-refractivity contribution < 1.29 is 9.47 Å². The van der Waals surface area contributed by atoms with E-state index in [-0.39, 0.29) is 0 Å². The van der Waals surface area contributed by atoms with E-state index in [9.17, 15) is 0 Å². The minimum atomic E-state index is 0.704. The molecular weight excluding hydrogens is 178 g/mol. The molecule has 1 aliphatic heterocycles. The fraction of sp³-hybridized carbons (Fsp3) is 1.00.